The van der Waals surface area contributed by atoms with E-state index in [-0.39, 0.29) is 12.1 Å². The third-order valence-corrected chi connectivity index (χ3v) is 3.87. The van der Waals surface area contributed by atoms with Crippen molar-refractivity contribution in [3.63, 3.8) is 0 Å². The minimum absolute atomic E-state index is 0.157. The van der Waals surface area contributed by atoms with Crippen LogP contribution >= 0.6 is 0 Å². The van der Waals surface area contributed by atoms with Gasteiger partial charge in [0.1, 0.15) is 5.75 Å². The van der Waals surface area contributed by atoms with Crippen LogP contribution in [0.1, 0.15) is 50.7 Å². The molecule has 3 heteroatoms. The van der Waals surface area contributed by atoms with E-state index in [1.807, 2.05) is 0 Å². The smallest absolute Gasteiger partial charge is 0.122 e. The fraction of sp³-hybridized carbons (Fsp3) is 0.667. The summed E-state index contributed by atoms with van der Waals surface area (Å²) < 4.78 is 5.86. The molecule has 0 aliphatic heterocycles. The number of hydrogen-bond donors (Lipinski definition) is 2. The van der Waals surface area contributed by atoms with Crippen molar-refractivity contribution in [2.75, 3.05) is 19.8 Å². The molecule has 0 radical (unpaired) electrons. The van der Waals surface area contributed by atoms with Gasteiger partial charge in [-0.1, -0.05) is 19.1 Å². The highest BCUT2D eigenvalue weighted by Gasteiger charge is 2.21. The summed E-state index contributed by atoms with van der Waals surface area (Å²) in [6.07, 6.45) is 4.13. The normalized spacial score (nSPS) is 14.0. The zero-order chi connectivity index (χ0) is 15.7. The lowest BCUT2D eigenvalue weighted by molar-refractivity contribution is 0.160. The molecule has 1 rings (SSSR count). The lowest BCUT2D eigenvalue weighted by atomic mass is 9.95. The number of nitrogens with one attached hydrogen (secondary N) is 1. The van der Waals surface area contributed by atoms with Gasteiger partial charge in [0, 0.05) is 5.54 Å². The van der Waals surface area contributed by atoms with Crippen LogP contribution in [0.3, 0.4) is 0 Å². The van der Waals surface area contributed by atoms with Crippen LogP contribution in [-0.2, 0) is 0 Å². The van der Waals surface area contributed by atoms with E-state index >= 15 is 0 Å². The number of aryl methyl sites for hydroxylation is 2. The topological polar surface area (TPSA) is 41.5 Å². The SMILES string of the molecule is CCCNC(C)(CO)CCCCOc1cc(C)ccc1C. The van der Waals surface area contributed by atoms with Crippen LogP contribution in [0.4, 0.5) is 0 Å². The molecule has 2 N–H and O–H groups in total. The molecular weight excluding hydrogens is 262 g/mol. The highest BCUT2D eigenvalue weighted by Crippen LogP contribution is 2.20. The van der Waals surface area contributed by atoms with Crippen molar-refractivity contribution in [3.8, 4) is 5.75 Å². The largest absolute Gasteiger partial charge is 0.493 e. The Hall–Kier alpha value is -1.06. The van der Waals surface area contributed by atoms with Crippen LogP contribution in [0.15, 0.2) is 18.2 Å². The highest BCUT2D eigenvalue weighted by atomic mass is 16.5. The second kappa shape index (κ2) is 9.06. The molecule has 0 saturated carbocycles. The molecule has 0 spiro atoms. The van der Waals surface area contributed by atoms with Crippen molar-refractivity contribution in [2.45, 2.75) is 58.9 Å². The lowest BCUT2D eigenvalue weighted by Crippen LogP contribution is -2.46. The molecular formula is C18H31NO2. The van der Waals surface area contributed by atoms with Crippen molar-refractivity contribution >= 4 is 0 Å². The summed E-state index contributed by atoms with van der Waals surface area (Å²) in [6, 6.07) is 6.30. The van der Waals surface area contributed by atoms with Crippen LogP contribution in [0.25, 0.3) is 0 Å². The standard InChI is InChI=1S/C18H31NO2/c1-5-11-19-18(4,14-20)10-6-7-12-21-17-13-15(2)8-9-16(17)3/h8-9,13,19-20H,5-7,10-12,14H2,1-4H3. The zero-order valence-corrected chi connectivity index (χ0v) is 14.0. The number of ether oxygens (including phenoxy) is 1. The molecule has 1 atom stereocenters. The van der Waals surface area contributed by atoms with Gasteiger partial charge in [-0.3, -0.25) is 0 Å². The molecule has 1 aromatic carbocycles. The van der Waals surface area contributed by atoms with E-state index in [1.54, 1.807) is 0 Å². The maximum absolute atomic E-state index is 9.52. The Labute approximate surface area is 129 Å². The molecule has 21 heavy (non-hydrogen) atoms. The Morgan fingerprint density at radius 2 is 2.00 bits per heavy atom. The molecule has 3 nitrogen and oxygen atoms in total. The molecule has 0 bridgehead atoms. The van der Waals surface area contributed by atoms with Gasteiger partial charge in [0.25, 0.3) is 0 Å². The quantitative estimate of drug-likeness (QED) is 0.648. The molecule has 0 saturated heterocycles. The molecule has 0 amide bonds. The number of unbranched alkanes of at least 4 members (excludes halogenated alkanes) is 1. The first kappa shape index (κ1) is 18.0. The summed E-state index contributed by atoms with van der Waals surface area (Å²) in [5.74, 6) is 0.990. The minimum Gasteiger partial charge on any atom is -0.493 e. The highest BCUT2D eigenvalue weighted by molar-refractivity contribution is 5.35. The predicted octanol–water partition coefficient (Wildman–Crippen LogP) is 3.60. The van der Waals surface area contributed by atoms with E-state index in [4.69, 9.17) is 4.74 Å². The van der Waals surface area contributed by atoms with Gasteiger partial charge in [-0.2, -0.15) is 0 Å². The first-order valence-electron chi connectivity index (χ1n) is 8.06. The summed E-state index contributed by atoms with van der Waals surface area (Å²) in [7, 11) is 0. The van der Waals surface area contributed by atoms with E-state index < -0.39 is 0 Å². The van der Waals surface area contributed by atoms with Gasteiger partial charge in [0.05, 0.1) is 13.2 Å². The number of aliphatic hydroxyl groups is 1. The summed E-state index contributed by atoms with van der Waals surface area (Å²) in [4.78, 5) is 0. The van der Waals surface area contributed by atoms with Crippen molar-refractivity contribution < 1.29 is 9.84 Å². The van der Waals surface area contributed by atoms with Crippen molar-refractivity contribution in [3.05, 3.63) is 29.3 Å². The molecule has 1 aromatic rings. The minimum atomic E-state index is -0.157. The molecule has 0 aromatic heterocycles. The van der Waals surface area contributed by atoms with Gasteiger partial charge >= 0.3 is 0 Å². The average molecular weight is 293 g/mol. The van der Waals surface area contributed by atoms with Gasteiger partial charge in [-0.15, -0.1) is 0 Å². The third-order valence-electron chi connectivity index (χ3n) is 3.87. The second-order valence-corrected chi connectivity index (χ2v) is 6.22. The number of aliphatic hydroxyl groups excluding tert-OH is 1. The molecule has 0 fully saturated rings. The van der Waals surface area contributed by atoms with Crippen LogP contribution in [0.2, 0.25) is 0 Å². The van der Waals surface area contributed by atoms with Gasteiger partial charge in [-0.25, -0.2) is 0 Å². The van der Waals surface area contributed by atoms with E-state index in [0.29, 0.717) is 0 Å². The Morgan fingerprint density at radius 3 is 2.67 bits per heavy atom. The van der Waals surface area contributed by atoms with Gasteiger partial charge in [-0.05, 0) is 70.2 Å². The first-order chi connectivity index (χ1) is 10.0. The maximum atomic E-state index is 9.52. The molecule has 0 heterocycles. The van der Waals surface area contributed by atoms with Crippen LogP contribution < -0.4 is 10.1 Å². The zero-order valence-electron chi connectivity index (χ0n) is 14.0. The van der Waals surface area contributed by atoms with Gasteiger partial charge in [0.2, 0.25) is 0 Å². The number of hydrogen-bond acceptors (Lipinski definition) is 3. The summed E-state index contributed by atoms with van der Waals surface area (Å²) in [5.41, 5.74) is 2.26. The van der Waals surface area contributed by atoms with Crippen molar-refractivity contribution in [1.82, 2.24) is 5.32 Å². The molecule has 0 aliphatic rings. The van der Waals surface area contributed by atoms with Crippen LogP contribution in [-0.4, -0.2) is 30.4 Å². The second-order valence-electron chi connectivity index (χ2n) is 6.22. The Bertz CT molecular complexity index is 420. The summed E-state index contributed by atoms with van der Waals surface area (Å²) in [6.45, 7) is 10.3. The van der Waals surface area contributed by atoms with E-state index in [2.05, 4.69) is 51.2 Å². The Balaban J connectivity index is 2.29. The Kier molecular flexibility index (Phi) is 7.76. The fourth-order valence-electron chi connectivity index (χ4n) is 2.31. The molecule has 0 aliphatic carbocycles. The lowest BCUT2D eigenvalue weighted by Gasteiger charge is -2.28. The number of benzene rings is 1. The molecule has 120 valence electrons. The van der Waals surface area contributed by atoms with E-state index in [0.717, 1.165) is 44.6 Å². The number of rotatable bonds is 10. The summed E-state index contributed by atoms with van der Waals surface area (Å²) >= 11 is 0. The fourth-order valence-corrected chi connectivity index (χ4v) is 2.31. The van der Waals surface area contributed by atoms with Gasteiger partial charge < -0.3 is 15.2 Å². The average Bonchev–Trinajstić information content (AvgIpc) is 2.48. The van der Waals surface area contributed by atoms with Crippen molar-refractivity contribution in [2.24, 2.45) is 0 Å². The van der Waals surface area contributed by atoms with Gasteiger partial charge in [0.15, 0.2) is 0 Å². The Morgan fingerprint density at radius 1 is 1.24 bits per heavy atom. The van der Waals surface area contributed by atoms with Crippen LogP contribution in [0.5, 0.6) is 5.75 Å². The van der Waals surface area contributed by atoms with Crippen LogP contribution in [0, 0.1) is 13.8 Å². The monoisotopic (exact) mass is 293 g/mol. The summed E-state index contributed by atoms with van der Waals surface area (Å²) in [5, 5.41) is 12.9. The van der Waals surface area contributed by atoms with E-state index in [1.165, 1.54) is 11.1 Å². The third kappa shape index (κ3) is 6.49. The van der Waals surface area contributed by atoms with E-state index in [9.17, 15) is 5.11 Å². The maximum Gasteiger partial charge on any atom is 0.122 e. The van der Waals surface area contributed by atoms with Crippen molar-refractivity contribution in [1.29, 1.82) is 0 Å². The molecule has 1 unspecified atom stereocenters. The predicted molar refractivity (Wildman–Crippen MR) is 89.0 cm³/mol. The first-order valence-corrected chi connectivity index (χ1v) is 8.06.